The molecule has 2 fully saturated rings. The van der Waals surface area contributed by atoms with Crippen LogP contribution < -0.4 is 0 Å². The molecule has 1 aliphatic carbocycles. The highest BCUT2D eigenvalue weighted by Gasteiger charge is 2.34. The van der Waals surface area contributed by atoms with Crippen LogP contribution in [0.5, 0.6) is 0 Å². The Labute approximate surface area is 121 Å². The third-order valence-electron chi connectivity index (χ3n) is 5.15. The zero-order valence-corrected chi connectivity index (χ0v) is 12.7. The minimum Gasteiger partial charge on any atom is -0.481 e. The molecule has 0 aromatic heterocycles. The molecule has 0 aromatic rings. The molecule has 1 aliphatic heterocycles. The standard InChI is InChI=1S/C16H27NO3/c1-11(2)12-5-7-13(8-6-12)15(18)17-9-3-4-14(10-17)16(19)20/h11-14H,3-10H2,1-2H3,(H,19,20)/t12?,13?,14-/m0/s1. The Kier molecular flexibility index (Phi) is 5.06. The van der Waals surface area contributed by atoms with Crippen LogP contribution in [-0.2, 0) is 9.59 Å². The fourth-order valence-corrected chi connectivity index (χ4v) is 3.67. The number of hydrogen-bond donors (Lipinski definition) is 1. The molecule has 4 nitrogen and oxygen atoms in total. The highest BCUT2D eigenvalue weighted by molar-refractivity contribution is 5.80. The molecule has 1 atom stereocenters. The van der Waals surface area contributed by atoms with Crippen LogP contribution in [0.1, 0.15) is 52.4 Å². The molecule has 1 amide bonds. The summed E-state index contributed by atoms with van der Waals surface area (Å²) in [4.78, 5) is 25.4. The van der Waals surface area contributed by atoms with Crippen LogP contribution in [-0.4, -0.2) is 35.0 Å². The van der Waals surface area contributed by atoms with Gasteiger partial charge in [-0.25, -0.2) is 0 Å². The van der Waals surface area contributed by atoms with Gasteiger partial charge in [0.25, 0.3) is 0 Å². The zero-order valence-electron chi connectivity index (χ0n) is 12.7. The van der Waals surface area contributed by atoms with Crippen LogP contribution in [0.25, 0.3) is 0 Å². The summed E-state index contributed by atoms with van der Waals surface area (Å²) < 4.78 is 0. The molecule has 1 saturated heterocycles. The Morgan fingerprint density at radius 3 is 2.25 bits per heavy atom. The number of amides is 1. The molecule has 2 rings (SSSR count). The van der Waals surface area contributed by atoms with E-state index in [4.69, 9.17) is 5.11 Å². The van der Waals surface area contributed by atoms with E-state index in [1.165, 1.54) is 0 Å². The molecule has 4 heteroatoms. The fourth-order valence-electron chi connectivity index (χ4n) is 3.67. The summed E-state index contributed by atoms with van der Waals surface area (Å²) in [7, 11) is 0. The summed E-state index contributed by atoms with van der Waals surface area (Å²) in [6, 6.07) is 0. The number of rotatable bonds is 3. The first-order valence-electron chi connectivity index (χ1n) is 8.00. The SMILES string of the molecule is CC(C)C1CCC(C(=O)N2CCC[C@H](C(=O)O)C2)CC1. The predicted octanol–water partition coefficient (Wildman–Crippen LogP) is 2.77. The molecule has 0 unspecified atom stereocenters. The second kappa shape index (κ2) is 6.59. The summed E-state index contributed by atoms with van der Waals surface area (Å²) in [5.41, 5.74) is 0. The first-order valence-corrected chi connectivity index (χ1v) is 8.00. The highest BCUT2D eigenvalue weighted by Crippen LogP contribution is 2.34. The van der Waals surface area contributed by atoms with Crippen molar-refractivity contribution in [1.82, 2.24) is 4.90 Å². The van der Waals surface area contributed by atoms with Gasteiger partial charge in [0.05, 0.1) is 5.92 Å². The molecule has 20 heavy (non-hydrogen) atoms. The van der Waals surface area contributed by atoms with E-state index in [0.717, 1.165) is 44.6 Å². The molecule has 0 aromatic carbocycles. The second-order valence-electron chi connectivity index (χ2n) is 6.82. The van der Waals surface area contributed by atoms with Crippen LogP contribution in [0.15, 0.2) is 0 Å². The molecular formula is C16H27NO3. The molecular weight excluding hydrogens is 254 g/mol. The largest absolute Gasteiger partial charge is 0.481 e. The van der Waals surface area contributed by atoms with Crippen molar-refractivity contribution in [1.29, 1.82) is 0 Å². The van der Waals surface area contributed by atoms with Gasteiger partial charge in [0.2, 0.25) is 5.91 Å². The average Bonchev–Trinajstić information content (AvgIpc) is 2.46. The Morgan fingerprint density at radius 1 is 1.05 bits per heavy atom. The number of carboxylic acids is 1. The van der Waals surface area contributed by atoms with E-state index in [1.54, 1.807) is 0 Å². The molecule has 1 saturated carbocycles. The highest BCUT2D eigenvalue weighted by atomic mass is 16.4. The molecule has 1 N–H and O–H groups in total. The molecule has 0 spiro atoms. The van der Waals surface area contributed by atoms with Gasteiger partial charge in [-0.05, 0) is 50.4 Å². The monoisotopic (exact) mass is 281 g/mol. The van der Waals surface area contributed by atoms with E-state index in [2.05, 4.69) is 13.8 Å². The number of aliphatic carboxylic acids is 1. The van der Waals surface area contributed by atoms with E-state index < -0.39 is 5.97 Å². The van der Waals surface area contributed by atoms with Crippen molar-refractivity contribution < 1.29 is 14.7 Å². The van der Waals surface area contributed by atoms with Crippen molar-refractivity contribution in [2.75, 3.05) is 13.1 Å². The van der Waals surface area contributed by atoms with Crippen molar-refractivity contribution in [3.8, 4) is 0 Å². The summed E-state index contributed by atoms with van der Waals surface area (Å²) in [5.74, 6) is 0.686. The fraction of sp³-hybridized carbons (Fsp3) is 0.875. The first kappa shape index (κ1) is 15.3. The summed E-state index contributed by atoms with van der Waals surface area (Å²) in [6.45, 7) is 5.68. The van der Waals surface area contributed by atoms with Gasteiger partial charge in [0, 0.05) is 19.0 Å². The maximum atomic E-state index is 12.5. The Balaban J connectivity index is 1.87. The first-order chi connectivity index (χ1) is 9.49. The quantitative estimate of drug-likeness (QED) is 0.865. The zero-order chi connectivity index (χ0) is 14.7. The van der Waals surface area contributed by atoms with Crippen molar-refractivity contribution >= 4 is 11.9 Å². The van der Waals surface area contributed by atoms with Gasteiger partial charge in [-0.2, -0.15) is 0 Å². The molecule has 1 heterocycles. The van der Waals surface area contributed by atoms with E-state index in [1.807, 2.05) is 4.90 Å². The lowest BCUT2D eigenvalue weighted by molar-refractivity contribution is -0.147. The number of piperidine rings is 1. The Hall–Kier alpha value is -1.06. The summed E-state index contributed by atoms with van der Waals surface area (Å²) in [6.07, 6.45) is 5.78. The lowest BCUT2D eigenvalue weighted by Gasteiger charge is -2.36. The van der Waals surface area contributed by atoms with Crippen LogP contribution >= 0.6 is 0 Å². The number of carbonyl (C=O) groups excluding carboxylic acids is 1. The van der Waals surface area contributed by atoms with Gasteiger partial charge >= 0.3 is 5.97 Å². The lowest BCUT2D eigenvalue weighted by Crippen LogP contribution is -2.45. The molecule has 114 valence electrons. The van der Waals surface area contributed by atoms with E-state index >= 15 is 0 Å². The third kappa shape index (κ3) is 3.53. The third-order valence-corrected chi connectivity index (χ3v) is 5.15. The normalized spacial score (nSPS) is 31.4. The molecule has 2 aliphatic rings. The van der Waals surface area contributed by atoms with Crippen LogP contribution in [0.3, 0.4) is 0 Å². The molecule has 0 radical (unpaired) electrons. The summed E-state index contributed by atoms with van der Waals surface area (Å²) >= 11 is 0. The average molecular weight is 281 g/mol. The van der Waals surface area contributed by atoms with Gasteiger partial charge in [-0.15, -0.1) is 0 Å². The van der Waals surface area contributed by atoms with Gasteiger partial charge < -0.3 is 10.0 Å². The van der Waals surface area contributed by atoms with Gasteiger partial charge in [-0.1, -0.05) is 13.8 Å². The number of likely N-dealkylation sites (tertiary alicyclic amines) is 1. The maximum Gasteiger partial charge on any atom is 0.308 e. The van der Waals surface area contributed by atoms with Crippen molar-refractivity contribution in [3.63, 3.8) is 0 Å². The summed E-state index contributed by atoms with van der Waals surface area (Å²) in [5, 5.41) is 9.11. The van der Waals surface area contributed by atoms with Crippen LogP contribution in [0.2, 0.25) is 0 Å². The van der Waals surface area contributed by atoms with Crippen molar-refractivity contribution in [3.05, 3.63) is 0 Å². The minimum atomic E-state index is -0.758. The van der Waals surface area contributed by atoms with Crippen LogP contribution in [0.4, 0.5) is 0 Å². The topological polar surface area (TPSA) is 57.6 Å². The van der Waals surface area contributed by atoms with Gasteiger partial charge in [-0.3, -0.25) is 9.59 Å². The predicted molar refractivity (Wildman–Crippen MR) is 77.2 cm³/mol. The van der Waals surface area contributed by atoms with Crippen molar-refractivity contribution in [2.24, 2.45) is 23.7 Å². The Morgan fingerprint density at radius 2 is 1.70 bits per heavy atom. The lowest BCUT2D eigenvalue weighted by atomic mass is 9.76. The maximum absolute atomic E-state index is 12.5. The smallest absolute Gasteiger partial charge is 0.308 e. The number of carboxylic acid groups (broad SMARTS) is 1. The number of nitrogens with zero attached hydrogens (tertiary/aromatic N) is 1. The number of hydrogen-bond acceptors (Lipinski definition) is 2. The van der Waals surface area contributed by atoms with Gasteiger partial charge in [0.1, 0.15) is 0 Å². The van der Waals surface area contributed by atoms with E-state index in [0.29, 0.717) is 18.9 Å². The second-order valence-corrected chi connectivity index (χ2v) is 6.82. The van der Waals surface area contributed by atoms with Crippen molar-refractivity contribution in [2.45, 2.75) is 52.4 Å². The number of carbonyl (C=O) groups is 2. The van der Waals surface area contributed by atoms with E-state index in [-0.39, 0.29) is 17.7 Å². The van der Waals surface area contributed by atoms with E-state index in [9.17, 15) is 9.59 Å². The Bertz CT molecular complexity index is 359. The van der Waals surface area contributed by atoms with Gasteiger partial charge in [0.15, 0.2) is 0 Å². The molecule has 0 bridgehead atoms. The minimum absolute atomic E-state index is 0.137. The van der Waals surface area contributed by atoms with Crippen LogP contribution in [0, 0.1) is 23.7 Å².